The fourth-order valence-electron chi connectivity index (χ4n) is 1.49. The molecule has 4 heteroatoms. The zero-order valence-corrected chi connectivity index (χ0v) is 7.83. The summed E-state index contributed by atoms with van der Waals surface area (Å²) in [6.45, 7) is 0.772. The third-order valence-corrected chi connectivity index (χ3v) is 2.20. The Balaban J connectivity index is 2.44. The van der Waals surface area contributed by atoms with Crippen molar-refractivity contribution in [3.8, 4) is 0 Å². The predicted molar refractivity (Wildman–Crippen MR) is 57.0 cm³/mol. The smallest absolute Gasteiger partial charge is 0.113 e. The highest BCUT2D eigenvalue weighted by Crippen LogP contribution is 2.14. The Bertz CT molecular complexity index is 395. The van der Waals surface area contributed by atoms with Gasteiger partial charge < -0.3 is 11.1 Å². The molecular formula is C10H12N4. The van der Waals surface area contributed by atoms with Crippen LogP contribution in [0.4, 0.5) is 5.69 Å². The van der Waals surface area contributed by atoms with Gasteiger partial charge in [0.25, 0.3) is 0 Å². The van der Waals surface area contributed by atoms with Gasteiger partial charge in [0.15, 0.2) is 0 Å². The molecule has 72 valence electrons. The Kier molecular flexibility index (Phi) is 2.26. The lowest BCUT2D eigenvalue weighted by Gasteiger charge is -2.13. The summed E-state index contributed by atoms with van der Waals surface area (Å²) in [7, 11) is 0. The maximum Gasteiger partial charge on any atom is 0.113 e. The molecule has 2 rings (SSSR count). The van der Waals surface area contributed by atoms with E-state index in [0.29, 0.717) is 22.8 Å². The Hall–Kier alpha value is -1.71. The summed E-state index contributed by atoms with van der Waals surface area (Å²) in [5, 5.41) is 7.75. The third kappa shape index (κ3) is 1.51. The molecule has 1 aliphatic rings. The highest BCUT2D eigenvalue weighted by atomic mass is 14.8. The van der Waals surface area contributed by atoms with Gasteiger partial charge in [-0.1, -0.05) is 0 Å². The van der Waals surface area contributed by atoms with Crippen molar-refractivity contribution in [2.45, 2.75) is 12.8 Å². The van der Waals surface area contributed by atoms with Gasteiger partial charge in [0.2, 0.25) is 0 Å². The van der Waals surface area contributed by atoms with Gasteiger partial charge in [0, 0.05) is 12.7 Å². The second kappa shape index (κ2) is 3.57. The second-order valence-electron chi connectivity index (χ2n) is 3.25. The van der Waals surface area contributed by atoms with Gasteiger partial charge in [-0.15, -0.1) is 0 Å². The monoisotopic (exact) mass is 188 g/mol. The van der Waals surface area contributed by atoms with E-state index in [2.05, 4.69) is 9.98 Å². The molecule has 0 spiro atoms. The maximum atomic E-state index is 7.75. The highest BCUT2D eigenvalue weighted by Gasteiger charge is 2.16. The fourth-order valence-corrected chi connectivity index (χ4v) is 1.49. The van der Waals surface area contributed by atoms with E-state index in [1.54, 1.807) is 18.3 Å². The molecule has 14 heavy (non-hydrogen) atoms. The van der Waals surface area contributed by atoms with Gasteiger partial charge in [-0.2, -0.15) is 0 Å². The van der Waals surface area contributed by atoms with Crippen LogP contribution in [0.5, 0.6) is 0 Å². The Morgan fingerprint density at radius 1 is 1.43 bits per heavy atom. The molecule has 0 atom stereocenters. The average Bonchev–Trinajstić information content (AvgIpc) is 2.20. The Morgan fingerprint density at radius 2 is 2.29 bits per heavy atom. The summed E-state index contributed by atoms with van der Waals surface area (Å²) in [6, 6.07) is 3.57. The molecule has 0 bridgehead atoms. The van der Waals surface area contributed by atoms with E-state index in [9.17, 15) is 0 Å². The van der Waals surface area contributed by atoms with Crippen molar-refractivity contribution < 1.29 is 0 Å². The van der Waals surface area contributed by atoms with Crippen LogP contribution >= 0.6 is 0 Å². The number of rotatable bonds is 1. The minimum atomic E-state index is 0.543. The Morgan fingerprint density at radius 3 is 3.00 bits per heavy atom. The summed E-state index contributed by atoms with van der Waals surface area (Å²) in [5.41, 5.74) is 8.22. The molecule has 0 unspecified atom stereocenters. The lowest BCUT2D eigenvalue weighted by atomic mass is 10.0. The van der Waals surface area contributed by atoms with E-state index in [0.717, 1.165) is 19.4 Å². The van der Waals surface area contributed by atoms with Crippen LogP contribution in [-0.4, -0.2) is 23.0 Å². The number of nitrogen functional groups attached to an aromatic ring is 1. The van der Waals surface area contributed by atoms with Gasteiger partial charge in [-0.05, 0) is 25.0 Å². The van der Waals surface area contributed by atoms with Crippen LogP contribution in [0.25, 0.3) is 0 Å². The SMILES string of the molecule is N=C1CCCN=C1c1ncccc1N. The van der Waals surface area contributed by atoms with Crippen LogP contribution in [-0.2, 0) is 0 Å². The first-order chi connectivity index (χ1) is 6.79. The summed E-state index contributed by atoms with van der Waals surface area (Å²) < 4.78 is 0. The number of aromatic nitrogens is 1. The van der Waals surface area contributed by atoms with E-state index < -0.39 is 0 Å². The topological polar surface area (TPSA) is 75.1 Å². The largest absolute Gasteiger partial charge is 0.397 e. The Labute approximate surface area is 82.4 Å². The van der Waals surface area contributed by atoms with E-state index in [1.165, 1.54) is 0 Å². The first-order valence-corrected chi connectivity index (χ1v) is 4.62. The van der Waals surface area contributed by atoms with Gasteiger partial charge >= 0.3 is 0 Å². The molecule has 1 aromatic rings. The fraction of sp³-hybridized carbons (Fsp3) is 0.300. The average molecular weight is 188 g/mol. The first kappa shape index (κ1) is 8.87. The number of hydrogen-bond donors (Lipinski definition) is 2. The minimum Gasteiger partial charge on any atom is -0.397 e. The van der Waals surface area contributed by atoms with E-state index in [-0.39, 0.29) is 0 Å². The number of nitrogens with zero attached hydrogens (tertiary/aromatic N) is 2. The summed E-state index contributed by atoms with van der Waals surface area (Å²) in [5.74, 6) is 0. The molecule has 0 aliphatic carbocycles. The van der Waals surface area contributed by atoms with Crippen LogP contribution in [0.2, 0.25) is 0 Å². The van der Waals surface area contributed by atoms with E-state index in [1.807, 2.05) is 0 Å². The lowest BCUT2D eigenvalue weighted by Crippen LogP contribution is -2.22. The summed E-state index contributed by atoms with van der Waals surface area (Å²) in [6.07, 6.45) is 3.40. The van der Waals surface area contributed by atoms with Gasteiger partial charge in [0.05, 0.1) is 11.4 Å². The first-order valence-electron chi connectivity index (χ1n) is 4.62. The van der Waals surface area contributed by atoms with Crippen molar-refractivity contribution in [1.29, 1.82) is 5.41 Å². The summed E-state index contributed by atoms with van der Waals surface area (Å²) >= 11 is 0. The number of pyridine rings is 1. The normalized spacial score (nSPS) is 16.6. The van der Waals surface area contributed by atoms with Gasteiger partial charge in [0.1, 0.15) is 11.4 Å². The molecular weight excluding hydrogens is 176 g/mol. The minimum absolute atomic E-state index is 0.543. The molecule has 1 aliphatic heterocycles. The number of hydrogen-bond acceptors (Lipinski definition) is 4. The molecule has 0 radical (unpaired) electrons. The molecule has 4 nitrogen and oxygen atoms in total. The number of nitrogens with two attached hydrogens (primary N) is 1. The van der Waals surface area contributed by atoms with Crippen molar-refractivity contribution >= 4 is 17.1 Å². The lowest BCUT2D eigenvalue weighted by molar-refractivity contribution is 0.860. The number of anilines is 1. The molecule has 0 amide bonds. The van der Waals surface area contributed by atoms with Crippen molar-refractivity contribution in [3.05, 3.63) is 24.0 Å². The van der Waals surface area contributed by atoms with Crippen LogP contribution in [0.15, 0.2) is 23.3 Å². The molecule has 0 saturated heterocycles. The van der Waals surface area contributed by atoms with Crippen molar-refractivity contribution in [2.75, 3.05) is 12.3 Å². The van der Waals surface area contributed by atoms with E-state index in [4.69, 9.17) is 11.1 Å². The standard InChI is InChI=1S/C10H12N4/c11-7-3-1-5-13-9(7)10-8(12)4-2-6-14-10/h1,3,5,12H,2,4,6,11H2. The number of aliphatic imine (C=N–C) groups is 1. The van der Waals surface area contributed by atoms with E-state index >= 15 is 0 Å². The maximum absolute atomic E-state index is 7.75. The molecule has 0 aromatic carbocycles. The zero-order chi connectivity index (χ0) is 9.97. The summed E-state index contributed by atoms with van der Waals surface area (Å²) in [4.78, 5) is 8.45. The molecule has 3 N–H and O–H groups in total. The molecule has 0 fully saturated rings. The molecule has 2 heterocycles. The molecule has 0 saturated carbocycles. The van der Waals surface area contributed by atoms with Gasteiger partial charge in [-0.3, -0.25) is 9.98 Å². The third-order valence-electron chi connectivity index (χ3n) is 2.20. The van der Waals surface area contributed by atoms with Crippen LogP contribution < -0.4 is 5.73 Å². The van der Waals surface area contributed by atoms with Crippen molar-refractivity contribution in [3.63, 3.8) is 0 Å². The van der Waals surface area contributed by atoms with Crippen LogP contribution in [0, 0.1) is 5.41 Å². The molecule has 1 aromatic heterocycles. The second-order valence-corrected chi connectivity index (χ2v) is 3.25. The number of nitrogens with one attached hydrogen (secondary N) is 1. The van der Waals surface area contributed by atoms with Crippen LogP contribution in [0.3, 0.4) is 0 Å². The van der Waals surface area contributed by atoms with Crippen molar-refractivity contribution in [2.24, 2.45) is 4.99 Å². The highest BCUT2D eigenvalue weighted by molar-refractivity contribution is 6.48. The van der Waals surface area contributed by atoms with Crippen molar-refractivity contribution in [1.82, 2.24) is 4.98 Å². The predicted octanol–water partition coefficient (Wildman–Crippen LogP) is 1.27. The van der Waals surface area contributed by atoms with Crippen LogP contribution in [0.1, 0.15) is 18.5 Å². The zero-order valence-electron chi connectivity index (χ0n) is 7.83. The van der Waals surface area contributed by atoms with Gasteiger partial charge in [-0.25, -0.2) is 0 Å². The quantitative estimate of drug-likeness (QED) is 0.696.